The van der Waals surface area contributed by atoms with Crippen molar-refractivity contribution in [1.82, 2.24) is 0 Å². The Balaban J connectivity index is 3.25. The van der Waals surface area contributed by atoms with E-state index in [2.05, 4.69) is 0 Å². The fraction of sp³-hybridized carbons (Fsp3) is 0.619. The summed E-state index contributed by atoms with van der Waals surface area (Å²) in [7, 11) is 0. The van der Waals surface area contributed by atoms with Gasteiger partial charge in [-0.05, 0) is 38.8 Å². The molecule has 0 unspecified atom stereocenters. The first-order valence-corrected chi connectivity index (χ1v) is 18.6. The fourth-order valence-corrected chi connectivity index (χ4v) is 6.35. The van der Waals surface area contributed by atoms with Crippen molar-refractivity contribution < 1.29 is 49.1 Å². The SMILES string of the molecule is CC[C@@H](/C=C/C(=O)[C@@H](C)[C@H](O)[C@H](C)[C@H]1OC(=O)/C=C/C=C/[C@H](C)[C@@H]([C@@H](C)[C@@H](O)[C@H](C)C(=O)/C=C/[C@H](CC)[C@@H](C)O)OC(=O)/C=C/C=C/[C@@H]1C)[C@@H](C)O. The van der Waals surface area contributed by atoms with E-state index < -0.39 is 84.1 Å². The molecule has 1 rings (SSSR count). The van der Waals surface area contributed by atoms with Crippen LogP contribution in [0, 0.1) is 47.3 Å². The third kappa shape index (κ3) is 14.9. The molecule has 10 nitrogen and oxygen atoms in total. The van der Waals surface area contributed by atoms with E-state index >= 15 is 0 Å². The topological polar surface area (TPSA) is 168 Å². The van der Waals surface area contributed by atoms with E-state index in [1.807, 2.05) is 13.8 Å². The lowest BCUT2D eigenvalue weighted by atomic mass is 9.82. The third-order valence-electron chi connectivity index (χ3n) is 10.3. The summed E-state index contributed by atoms with van der Waals surface area (Å²) in [4.78, 5) is 51.9. The van der Waals surface area contributed by atoms with Crippen molar-refractivity contribution >= 4 is 23.5 Å². The number of aliphatic hydroxyl groups excluding tert-OH is 4. The van der Waals surface area contributed by atoms with Crippen molar-refractivity contribution in [2.45, 2.75) is 119 Å². The summed E-state index contributed by atoms with van der Waals surface area (Å²) >= 11 is 0. The first-order chi connectivity index (χ1) is 24.4. The normalized spacial score (nSPS) is 29.0. The molecule has 52 heavy (non-hydrogen) atoms. The van der Waals surface area contributed by atoms with Crippen LogP contribution in [0.2, 0.25) is 0 Å². The Labute approximate surface area is 311 Å². The Bertz CT molecular complexity index is 1220. The second-order valence-electron chi connectivity index (χ2n) is 14.4. The lowest BCUT2D eigenvalue weighted by molar-refractivity contribution is -0.152. The molecule has 4 N–H and O–H groups in total. The van der Waals surface area contributed by atoms with Gasteiger partial charge >= 0.3 is 11.9 Å². The molecule has 0 radical (unpaired) electrons. The van der Waals surface area contributed by atoms with Crippen LogP contribution in [0.3, 0.4) is 0 Å². The molecule has 292 valence electrons. The number of cyclic esters (lactones) is 2. The zero-order valence-electron chi connectivity index (χ0n) is 32.7. The summed E-state index contributed by atoms with van der Waals surface area (Å²) in [5.74, 6) is -6.11. The van der Waals surface area contributed by atoms with E-state index in [0.717, 1.165) is 0 Å². The van der Waals surface area contributed by atoms with Gasteiger partial charge in [-0.2, -0.15) is 0 Å². The van der Waals surface area contributed by atoms with E-state index in [1.165, 1.54) is 36.5 Å². The molecule has 0 aromatic carbocycles. The number of rotatable bonds is 16. The molecule has 1 aliphatic rings. The Morgan fingerprint density at radius 3 is 1.25 bits per heavy atom. The van der Waals surface area contributed by atoms with Gasteiger partial charge in [-0.1, -0.05) is 104 Å². The number of carbonyl (C=O) groups excluding carboxylic acids is 4. The minimum atomic E-state index is -1.15. The zero-order valence-corrected chi connectivity index (χ0v) is 32.7. The van der Waals surface area contributed by atoms with Gasteiger partial charge in [-0.25, -0.2) is 9.59 Å². The van der Waals surface area contributed by atoms with Gasteiger partial charge in [0, 0.05) is 59.5 Å². The highest BCUT2D eigenvalue weighted by atomic mass is 16.5. The number of hydrogen-bond donors (Lipinski definition) is 4. The van der Waals surface area contributed by atoms with Gasteiger partial charge in [0.15, 0.2) is 11.6 Å². The fourth-order valence-electron chi connectivity index (χ4n) is 6.35. The Kier molecular flexibility index (Phi) is 20.8. The van der Waals surface area contributed by atoms with Gasteiger partial charge in [-0.3, -0.25) is 9.59 Å². The molecule has 0 aliphatic carbocycles. The van der Waals surface area contributed by atoms with Crippen molar-refractivity contribution in [2.75, 3.05) is 0 Å². The number of aliphatic hydroxyl groups is 4. The van der Waals surface area contributed by atoms with Gasteiger partial charge in [-0.15, -0.1) is 0 Å². The van der Waals surface area contributed by atoms with Crippen molar-refractivity contribution in [1.29, 1.82) is 0 Å². The van der Waals surface area contributed by atoms with Gasteiger partial charge in [0.05, 0.1) is 24.4 Å². The predicted molar refractivity (Wildman–Crippen MR) is 203 cm³/mol. The van der Waals surface area contributed by atoms with Crippen molar-refractivity contribution in [3.8, 4) is 0 Å². The Morgan fingerprint density at radius 1 is 0.635 bits per heavy atom. The minimum Gasteiger partial charge on any atom is -0.458 e. The number of hydrogen-bond acceptors (Lipinski definition) is 10. The second kappa shape index (κ2) is 23.3. The van der Waals surface area contributed by atoms with Crippen LogP contribution >= 0.6 is 0 Å². The summed E-state index contributed by atoms with van der Waals surface area (Å²) in [6.45, 7) is 17.4. The third-order valence-corrected chi connectivity index (χ3v) is 10.3. The Morgan fingerprint density at radius 2 is 0.962 bits per heavy atom. The van der Waals surface area contributed by atoms with E-state index in [4.69, 9.17) is 9.47 Å². The number of esters is 2. The molecular weight excluding hydrogens is 664 g/mol. The van der Waals surface area contributed by atoms with Crippen LogP contribution in [0.4, 0.5) is 0 Å². The Hall–Kier alpha value is -3.44. The van der Waals surface area contributed by atoms with Gasteiger partial charge in [0.1, 0.15) is 12.2 Å². The number of ketones is 2. The molecule has 0 aromatic heterocycles. The molecule has 1 aliphatic heterocycles. The smallest absolute Gasteiger partial charge is 0.331 e. The summed E-state index contributed by atoms with van der Waals surface area (Å²) in [5, 5.41) is 42.3. The number of ether oxygens (including phenoxy) is 2. The van der Waals surface area contributed by atoms with E-state index in [1.54, 1.807) is 91.8 Å². The predicted octanol–water partition coefficient (Wildman–Crippen LogP) is 5.65. The number of carbonyl (C=O) groups is 4. The van der Waals surface area contributed by atoms with Crippen molar-refractivity contribution in [3.05, 3.63) is 72.9 Å². The molecule has 10 heteroatoms. The first-order valence-electron chi connectivity index (χ1n) is 18.6. The van der Waals surface area contributed by atoms with Crippen LogP contribution in [-0.2, 0) is 28.7 Å². The van der Waals surface area contributed by atoms with Crippen molar-refractivity contribution in [3.63, 3.8) is 0 Å². The van der Waals surface area contributed by atoms with E-state index in [0.29, 0.717) is 12.8 Å². The molecule has 1 heterocycles. The maximum atomic E-state index is 13.0. The van der Waals surface area contributed by atoms with E-state index in [9.17, 15) is 39.6 Å². The first kappa shape index (κ1) is 46.6. The molecule has 0 saturated carbocycles. The summed E-state index contributed by atoms with van der Waals surface area (Å²) in [6, 6.07) is 0. The minimum absolute atomic E-state index is 0.191. The maximum Gasteiger partial charge on any atom is 0.331 e. The molecular formula is C42H64O10. The van der Waals surface area contributed by atoms with Crippen LogP contribution in [0.15, 0.2) is 72.9 Å². The van der Waals surface area contributed by atoms with Crippen LogP contribution in [-0.4, -0.2) is 80.6 Å². The van der Waals surface area contributed by atoms with Crippen LogP contribution in [0.1, 0.15) is 82.1 Å². The zero-order chi connectivity index (χ0) is 39.7. The monoisotopic (exact) mass is 728 g/mol. The lowest BCUT2D eigenvalue weighted by Gasteiger charge is -2.33. The average molecular weight is 729 g/mol. The second-order valence-corrected chi connectivity index (χ2v) is 14.4. The highest BCUT2D eigenvalue weighted by molar-refractivity contribution is 5.92. The van der Waals surface area contributed by atoms with Gasteiger partial charge < -0.3 is 29.9 Å². The highest BCUT2D eigenvalue weighted by Crippen LogP contribution is 2.28. The standard InChI is InChI=1S/C42H64O10/c1-11-33(31(9)43)21-23-35(45)27(5)39(49)29(7)41-25(3)17-13-15-20-38(48)52-42(26(4)18-14-16-19-37(47)51-41)30(8)40(50)28(6)36(46)24-22-34(12-2)32(10)44/h13-34,39-44,49-50H,11-12H2,1-10H3/b17-13+,18-14+,19-16+,20-15+,23-21+,24-22+/t25-,26-,27+,28+,29-,30-,31+,32+,33-,34-,39-,40-,41-,42-/m0/s1. The summed E-state index contributed by atoms with van der Waals surface area (Å²) in [6.07, 6.45) is 14.3. The molecule has 0 spiro atoms. The molecule has 0 saturated heterocycles. The molecule has 0 aromatic rings. The quantitative estimate of drug-likeness (QED) is 0.115. The van der Waals surface area contributed by atoms with Crippen LogP contribution in [0.5, 0.6) is 0 Å². The number of allylic oxidation sites excluding steroid dienone is 6. The highest BCUT2D eigenvalue weighted by Gasteiger charge is 2.37. The molecule has 0 fully saturated rings. The van der Waals surface area contributed by atoms with E-state index in [-0.39, 0.29) is 23.4 Å². The average Bonchev–Trinajstić information content (AvgIpc) is 3.10. The maximum absolute atomic E-state index is 13.0. The van der Waals surface area contributed by atoms with Crippen LogP contribution in [0.25, 0.3) is 0 Å². The van der Waals surface area contributed by atoms with Crippen molar-refractivity contribution in [2.24, 2.45) is 47.3 Å². The summed E-state index contributed by atoms with van der Waals surface area (Å²) in [5.41, 5.74) is 0. The van der Waals surface area contributed by atoms with Gasteiger partial charge in [0.25, 0.3) is 0 Å². The summed E-state index contributed by atoms with van der Waals surface area (Å²) < 4.78 is 11.7. The lowest BCUT2D eigenvalue weighted by Crippen LogP contribution is -2.41. The van der Waals surface area contributed by atoms with Gasteiger partial charge in [0.2, 0.25) is 0 Å². The van der Waals surface area contributed by atoms with Crippen LogP contribution < -0.4 is 0 Å². The largest absolute Gasteiger partial charge is 0.458 e. The molecule has 0 amide bonds. The molecule has 14 atom stereocenters. The molecule has 0 bridgehead atoms.